The first kappa shape index (κ1) is 20.8. The van der Waals surface area contributed by atoms with E-state index in [0.717, 1.165) is 35.7 Å². The smallest absolute Gasteiger partial charge is 0.498 e. The van der Waals surface area contributed by atoms with Crippen molar-refractivity contribution in [3.63, 3.8) is 0 Å². The van der Waals surface area contributed by atoms with Crippen molar-refractivity contribution in [3.8, 4) is 5.75 Å². The average Bonchev–Trinajstić information content (AvgIpc) is 2.57. The molecule has 1 N–H and O–H groups in total. The zero-order chi connectivity index (χ0) is 17.9. The second-order valence-electron chi connectivity index (χ2n) is 5.86. The van der Waals surface area contributed by atoms with Crippen LogP contribution in [0.2, 0.25) is 0 Å². The molecule has 0 unspecified atom stereocenters. The molecule has 0 bridgehead atoms. The molecular formula is C19H26ClN3O2. The fraction of sp³-hybridized carbons (Fsp3) is 0.368. The summed E-state index contributed by atoms with van der Waals surface area (Å²) in [4.78, 5) is 14.2. The molecule has 1 heterocycles. The van der Waals surface area contributed by atoms with Crippen LogP contribution in [0, 0.1) is 6.92 Å². The van der Waals surface area contributed by atoms with Crippen LogP contribution in [-0.4, -0.2) is 22.8 Å². The largest absolute Gasteiger partial charge is 1.00 e. The summed E-state index contributed by atoms with van der Waals surface area (Å²) < 4.78 is 3.22. The molecule has 5 nitrogen and oxygen atoms in total. The Morgan fingerprint density at radius 3 is 2.40 bits per heavy atom. The zero-order valence-electron chi connectivity index (χ0n) is 15.5. The molecular weight excluding hydrogens is 338 g/mol. The molecule has 0 aliphatic carbocycles. The topological polar surface area (TPSA) is 49.4 Å². The molecule has 2 aromatic rings. The van der Waals surface area contributed by atoms with Crippen LogP contribution in [0.1, 0.15) is 30.8 Å². The molecule has 0 saturated carbocycles. The Morgan fingerprint density at radius 1 is 1.20 bits per heavy atom. The molecule has 25 heavy (non-hydrogen) atoms. The second kappa shape index (κ2) is 8.72. The predicted octanol–water partition coefficient (Wildman–Crippen LogP) is -0.756. The van der Waals surface area contributed by atoms with Gasteiger partial charge in [-0.1, -0.05) is 12.1 Å². The first-order chi connectivity index (χ1) is 11.4. The summed E-state index contributed by atoms with van der Waals surface area (Å²) in [6, 6.07) is 7.61. The van der Waals surface area contributed by atoms with Crippen LogP contribution in [0.5, 0.6) is 5.75 Å². The summed E-state index contributed by atoms with van der Waals surface area (Å²) >= 11 is 0. The van der Waals surface area contributed by atoms with E-state index in [-0.39, 0.29) is 23.8 Å². The maximum Gasteiger partial charge on any atom is 0.498 e. The molecule has 0 radical (unpaired) electrons. The van der Waals surface area contributed by atoms with E-state index in [4.69, 9.17) is 0 Å². The number of hydrogen-bond donors (Lipinski definition) is 1. The molecule has 0 spiro atoms. The lowest BCUT2D eigenvalue weighted by Gasteiger charge is -2.22. The van der Waals surface area contributed by atoms with Crippen molar-refractivity contribution in [3.05, 3.63) is 51.7 Å². The molecule has 6 heteroatoms. The van der Waals surface area contributed by atoms with Crippen LogP contribution in [0.15, 0.2) is 29.1 Å². The summed E-state index contributed by atoms with van der Waals surface area (Å²) in [6.07, 6.45) is 3.79. The highest BCUT2D eigenvalue weighted by Gasteiger charge is 2.12. The monoisotopic (exact) mass is 363 g/mol. The minimum atomic E-state index is -0.0608. The molecule has 136 valence electrons. The van der Waals surface area contributed by atoms with Crippen molar-refractivity contribution < 1.29 is 22.1 Å². The highest BCUT2D eigenvalue weighted by molar-refractivity contribution is 5.71. The van der Waals surface area contributed by atoms with E-state index in [2.05, 4.69) is 18.7 Å². The van der Waals surface area contributed by atoms with Crippen LogP contribution in [-0.2, 0) is 14.1 Å². The lowest BCUT2D eigenvalue weighted by atomic mass is 10.1. The number of aryl methyl sites for hydroxylation is 1. The van der Waals surface area contributed by atoms with E-state index in [0.29, 0.717) is 0 Å². The molecule has 2 rings (SSSR count). The standard InChI is InChI=1S/C19H25N3O2.ClH/c1-6-22(7-2)17-11-9-15(13-18(17)23)8-10-16-12-14(3)20(4)19(24)21(16)5;/h8-13H,6-7H2,1-5H3;1H. The number of nitrogens with zero attached hydrogens (tertiary/aromatic N) is 3. The number of phenols is 1. The fourth-order valence-corrected chi connectivity index (χ4v) is 2.71. The summed E-state index contributed by atoms with van der Waals surface area (Å²) in [5.41, 5.74) is 3.39. The van der Waals surface area contributed by atoms with Gasteiger partial charge in [0.15, 0.2) is 0 Å². The number of aromatic hydroxyl groups is 1. The second-order valence-corrected chi connectivity index (χ2v) is 5.86. The van der Waals surface area contributed by atoms with Crippen molar-refractivity contribution in [1.29, 1.82) is 0 Å². The van der Waals surface area contributed by atoms with Gasteiger partial charge in [-0.05, 0) is 44.5 Å². The first-order valence-electron chi connectivity index (χ1n) is 8.21. The van der Waals surface area contributed by atoms with Crippen LogP contribution in [0.25, 0.3) is 12.2 Å². The highest BCUT2D eigenvalue weighted by atomic mass is 35.5. The number of phenolic OH excluding ortho intramolecular Hbond substituents is 1. The van der Waals surface area contributed by atoms with Gasteiger partial charge in [-0.3, -0.25) is 0 Å². The van der Waals surface area contributed by atoms with Gasteiger partial charge in [0, 0.05) is 19.2 Å². The van der Waals surface area contributed by atoms with Gasteiger partial charge < -0.3 is 22.4 Å². The van der Waals surface area contributed by atoms with Crippen molar-refractivity contribution in [2.24, 2.45) is 14.1 Å². The molecule has 0 saturated heterocycles. The number of halogens is 1. The Balaban J connectivity index is 0.00000312. The third-order valence-electron chi connectivity index (χ3n) is 4.40. The molecule has 0 aliphatic heterocycles. The van der Waals surface area contributed by atoms with Gasteiger partial charge in [-0.15, -0.1) is 0 Å². The number of benzene rings is 1. The maximum absolute atomic E-state index is 12.1. The Bertz CT molecular complexity index is 824. The van der Waals surface area contributed by atoms with Crippen LogP contribution in [0.4, 0.5) is 5.69 Å². The summed E-state index contributed by atoms with van der Waals surface area (Å²) in [6.45, 7) is 7.73. The highest BCUT2D eigenvalue weighted by Crippen LogP contribution is 2.28. The van der Waals surface area contributed by atoms with Gasteiger partial charge in [-0.2, -0.15) is 13.9 Å². The minimum absolute atomic E-state index is 0. The maximum atomic E-state index is 12.1. The molecule has 0 aliphatic rings. The van der Waals surface area contributed by atoms with Gasteiger partial charge in [-0.25, -0.2) is 0 Å². The lowest BCUT2D eigenvalue weighted by molar-refractivity contribution is -0.692. The van der Waals surface area contributed by atoms with E-state index < -0.39 is 0 Å². The summed E-state index contributed by atoms with van der Waals surface area (Å²) in [5.74, 6) is 0.269. The molecule has 0 fully saturated rings. The number of rotatable bonds is 5. The number of anilines is 1. The van der Waals surface area contributed by atoms with E-state index in [1.165, 1.54) is 0 Å². The number of hydrogen-bond acceptors (Lipinski definition) is 3. The van der Waals surface area contributed by atoms with Gasteiger partial charge in [0.1, 0.15) is 17.1 Å². The molecule has 1 aromatic heterocycles. The predicted molar refractivity (Wildman–Crippen MR) is 98.2 cm³/mol. The van der Waals surface area contributed by atoms with Gasteiger partial charge >= 0.3 is 5.69 Å². The van der Waals surface area contributed by atoms with E-state index in [9.17, 15) is 9.90 Å². The first-order valence-corrected chi connectivity index (χ1v) is 8.21. The van der Waals surface area contributed by atoms with Crippen molar-refractivity contribution in [1.82, 2.24) is 4.57 Å². The van der Waals surface area contributed by atoms with Gasteiger partial charge in [0.2, 0.25) is 0 Å². The molecule has 0 amide bonds. The third-order valence-corrected chi connectivity index (χ3v) is 4.40. The SMILES string of the molecule is CCN(CC)c1ccc(C=Cc2cc(C)n(C)c(=O)[n+]2C)cc1O.[Cl-]. The Hall–Kier alpha value is -2.27. The van der Waals surface area contributed by atoms with E-state index in [1.54, 1.807) is 29.3 Å². The normalized spacial score (nSPS) is 10.8. The van der Waals surface area contributed by atoms with E-state index in [1.807, 2.05) is 37.3 Å². The van der Waals surface area contributed by atoms with E-state index >= 15 is 0 Å². The third kappa shape index (κ3) is 4.42. The van der Waals surface area contributed by atoms with Crippen LogP contribution < -0.4 is 27.6 Å². The fourth-order valence-electron chi connectivity index (χ4n) is 2.71. The molecule has 0 atom stereocenters. The average molecular weight is 364 g/mol. The summed E-state index contributed by atoms with van der Waals surface area (Å²) in [7, 11) is 3.51. The Kier molecular flexibility index (Phi) is 7.24. The van der Waals surface area contributed by atoms with Crippen molar-refractivity contribution in [2.75, 3.05) is 18.0 Å². The van der Waals surface area contributed by atoms with Crippen molar-refractivity contribution in [2.45, 2.75) is 20.8 Å². The van der Waals surface area contributed by atoms with Crippen LogP contribution in [0.3, 0.4) is 0 Å². The summed E-state index contributed by atoms with van der Waals surface area (Å²) in [5, 5.41) is 10.3. The molecule has 1 aromatic carbocycles. The Morgan fingerprint density at radius 2 is 1.84 bits per heavy atom. The Labute approximate surface area is 155 Å². The van der Waals surface area contributed by atoms with Gasteiger partial charge in [0.05, 0.1) is 19.8 Å². The van der Waals surface area contributed by atoms with Gasteiger partial charge in [0.25, 0.3) is 0 Å². The lowest BCUT2D eigenvalue weighted by Crippen LogP contribution is -3.00. The zero-order valence-corrected chi connectivity index (χ0v) is 16.2. The van der Waals surface area contributed by atoms with Crippen molar-refractivity contribution >= 4 is 17.8 Å². The number of aromatic nitrogens is 2. The van der Waals surface area contributed by atoms with Crippen LogP contribution >= 0.6 is 0 Å². The quantitative estimate of drug-likeness (QED) is 0.711. The minimum Gasteiger partial charge on any atom is -1.00 e.